The van der Waals surface area contributed by atoms with E-state index in [9.17, 15) is 9.59 Å². The van der Waals surface area contributed by atoms with Gasteiger partial charge in [0, 0.05) is 52.4 Å². The quantitative estimate of drug-likeness (QED) is 0.812. The van der Waals surface area contributed by atoms with Gasteiger partial charge in [0.2, 0.25) is 5.91 Å². The van der Waals surface area contributed by atoms with Gasteiger partial charge in [0.25, 0.3) is 5.56 Å². The Kier molecular flexibility index (Phi) is 5.70. The largest absolute Gasteiger partial charge is 0.370 e. The predicted octanol–water partition coefficient (Wildman–Crippen LogP) is 0.479. The zero-order valence-corrected chi connectivity index (χ0v) is 15.4. The molecule has 3 rings (SSSR count). The van der Waals surface area contributed by atoms with E-state index in [0.29, 0.717) is 25.3 Å². The molecule has 1 aliphatic heterocycles. The maximum Gasteiger partial charge on any atom is 0.268 e. The first-order chi connectivity index (χ1) is 12.5. The lowest BCUT2D eigenvalue weighted by Gasteiger charge is -2.33. The fourth-order valence-corrected chi connectivity index (χ4v) is 3.23. The zero-order valence-electron chi connectivity index (χ0n) is 15.4. The Balaban J connectivity index is 1.39. The van der Waals surface area contributed by atoms with Crippen molar-refractivity contribution in [2.75, 3.05) is 24.5 Å². The van der Waals surface area contributed by atoms with Gasteiger partial charge >= 0.3 is 0 Å². The van der Waals surface area contributed by atoms with Crippen LogP contribution in [0.1, 0.15) is 24.8 Å². The summed E-state index contributed by atoms with van der Waals surface area (Å²) in [5, 5.41) is 11.2. The SMILES string of the molecule is Cn1cc(CCC(=O)NCC2CCN(c3cnn(C)c(=O)c3)CC2)cn1. The molecule has 0 spiro atoms. The molecule has 1 aliphatic rings. The number of hydrogen-bond acceptors (Lipinski definition) is 5. The number of anilines is 1. The number of carbonyl (C=O) groups excluding carboxylic acids is 1. The summed E-state index contributed by atoms with van der Waals surface area (Å²) in [6.07, 6.45) is 8.68. The molecular formula is C18H26N6O2. The molecule has 8 heteroatoms. The van der Waals surface area contributed by atoms with Crippen LogP contribution in [0, 0.1) is 5.92 Å². The molecule has 0 aliphatic carbocycles. The predicted molar refractivity (Wildman–Crippen MR) is 99.0 cm³/mol. The first-order valence-electron chi connectivity index (χ1n) is 9.04. The first-order valence-corrected chi connectivity index (χ1v) is 9.04. The molecule has 8 nitrogen and oxygen atoms in total. The average Bonchev–Trinajstić information content (AvgIpc) is 3.06. The number of aryl methyl sites for hydroxylation is 3. The Labute approximate surface area is 152 Å². The van der Waals surface area contributed by atoms with Gasteiger partial charge < -0.3 is 10.2 Å². The van der Waals surface area contributed by atoms with Crippen LogP contribution in [0.15, 0.2) is 29.5 Å². The Morgan fingerprint density at radius 3 is 2.65 bits per heavy atom. The summed E-state index contributed by atoms with van der Waals surface area (Å²) in [4.78, 5) is 25.9. The third kappa shape index (κ3) is 4.71. The minimum Gasteiger partial charge on any atom is -0.370 e. The number of rotatable bonds is 6. The smallest absolute Gasteiger partial charge is 0.268 e. The van der Waals surface area contributed by atoms with E-state index in [1.165, 1.54) is 4.68 Å². The molecule has 2 aromatic heterocycles. The van der Waals surface area contributed by atoms with Crippen LogP contribution in [0.5, 0.6) is 0 Å². The highest BCUT2D eigenvalue weighted by Gasteiger charge is 2.20. The number of piperidine rings is 1. The molecule has 2 aromatic rings. The van der Waals surface area contributed by atoms with Gasteiger partial charge in [-0.1, -0.05) is 0 Å². The van der Waals surface area contributed by atoms with Gasteiger partial charge in [-0.2, -0.15) is 10.2 Å². The molecule has 0 bridgehead atoms. The van der Waals surface area contributed by atoms with Gasteiger partial charge in [0.05, 0.1) is 18.1 Å². The van der Waals surface area contributed by atoms with E-state index in [1.54, 1.807) is 30.2 Å². The van der Waals surface area contributed by atoms with Gasteiger partial charge in [-0.05, 0) is 30.7 Å². The standard InChI is InChI=1S/C18H26N6O2/c1-22-13-15(11-20-22)3-4-17(25)19-10-14-5-7-24(8-6-14)16-9-18(26)23(2)21-12-16/h9,11-14H,3-8,10H2,1-2H3,(H,19,25). The van der Waals surface area contributed by atoms with Crippen LogP contribution in [0.4, 0.5) is 5.69 Å². The molecule has 1 saturated heterocycles. The van der Waals surface area contributed by atoms with Crippen molar-refractivity contribution < 1.29 is 4.79 Å². The van der Waals surface area contributed by atoms with Crippen LogP contribution in [-0.2, 0) is 25.3 Å². The second-order valence-corrected chi connectivity index (χ2v) is 6.93. The van der Waals surface area contributed by atoms with Crippen molar-refractivity contribution in [3.8, 4) is 0 Å². The molecule has 0 radical (unpaired) electrons. The summed E-state index contributed by atoms with van der Waals surface area (Å²) in [6.45, 7) is 2.48. The molecule has 3 heterocycles. The summed E-state index contributed by atoms with van der Waals surface area (Å²) in [5.74, 6) is 0.570. The summed E-state index contributed by atoms with van der Waals surface area (Å²) < 4.78 is 3.08. The Hall–Kier alpha value is -2.64. The maximum absolute atomic E-state index is 12.0. The topological polar surface area (TPSA) is 85.0 Å². The lowest BCUT2D eigenvalue weighted by molar-refractivity contribution is -0.121. The van der Waals surface area contributed by atoms with E-state index < -0.39 is 0 Å². The van der Waals surface area contributed by atoms with E-state index in [1.807, 2.05) is 13.2 Å². The first kappa shape index (κ1) is 18.2. The van der Waals surface area contributed by atoms with E-state index >= 15 is 0 Å². The summed E-state index contributed by atoms with van der Waals surface area (Å²) in [6, 6.07) is 1.63. The Morgan fingerprint density at radius 2 is 2.00 bits per heavy atom. The number of aromatic nitrogens is 4. The molecule has 1 fully saturated rings. The number of nitrogens with zero attached hydrogens (tertiary/aromatic N) is 5. The minimum absolute atomic E-state index is 0.0899. The van der Waals surface area contributed by atoms with Crippen molar-refractivity contribution in [2.24, 2.45) is 20.0 Å². The molecule has 0 atom stereocenters. The van der Waals surface area contributed by atoms with Gasteiger partial charge in [-0.3, -0.25) is 14.3 Å². The number of carbonyl (C=O) groups is 1. The van der Waals surface area contributed by atoms with Crippen LogP contribution in [0.2, 0.25) is 0 Å². The van der Waals surface area contributed by atoms with Crippen molar-refractivity contribution in [3.05, 3.63) is 40.6 Å². The normalized spacial score (nSPS) is 15.2. The van der Waals surface area contributed by atoms with E-state index in [4.69, 9.17) is 0 Å². The van der Waals surface area contributed by atoms with Gasteiger partial charge in [-0.15, -0.1) is 0 Å². The molecule has 140 valence electrons. The third-order valence-corrected chi connectivity index (χ3v) is 4.92. The molecule has 1 N–H and O–H groups in total. The fraction of sp³-hybridized carbons (Fsp3) is 0.556. The highest BCUT2D eigenvalue weighted by atomic mass is 16.1. The third-order valence-electron chi connectivity index (χ3n) is 4.92. The summed E-state index contributed by atoms with van der Waals surface area (Å²) >= 11 is 0. The highest BCUT2D eigenvalue weighted by Crippen LogP contribution is 2.21. The van der Waals surface area contributed by atoms with Gasteiger partial charge in [0.1, 0.15) is 0 Å². The van der Waals surface area contributed by atoms with Crippen LogP contribution < -0.4 is 15.8 Å². The van der Waals surface area contributed by atoms with E-state index in [0.717, 1.165) is 37.2 Å². The lowest BCUT2D eigenvalue weighted by Crippen LogP contribution is -2.39. The Morgan fingerprint density at radius 1 is 1.23 bits per heavy atom. The maximum atomic E-state index is 12.0. The summed E-state index contributed by atoms with van der Waals surface area (Å²) in [7, 11) is 3.52. The second kappa shape index (κ2) is 8.16. The van der Waals surface area contributed by atoms with E-state index in [-0.39, 0.29) is 11.5 Å². The molecule has 1 amide bonds. The Bertz CT molecular complexity index is 804. The zero-order chi connectivity index (χ0) is 18.5. The molecule has 26 heavy (non-hydrogen) atoms. The van der Waals surface area contributed by atoms with Gasteiger partial charge in [0.15, 0.2) is 0 Å². The monoisotopic (exact) mass is 358 g/mol. The number of hydrogen-bond donors (Lipinski definition) is 1. The van der Waals surface area contributed by atoms with Crippen molar-refractivity contribution in [2.45, 2.75) is 25.7 Å². The number of amides is 1. The van der Waals surface area contributed by atoms with Crippen molar-refractivity contribution >= 4 is 11.6 Å². The van der Waals surface area contributed by atoms with Gasteiger partial charge in [-0.25, -0.2) is 4.68 Å². The fourth-order valence-electron chi connectivity index (χ4n) is 3.23. The molecule has 0 unspecified atom stereocenters. The molecular weight excluding hydrogens is 332 g/mol. The van der Waals surface area contributed by atoms with Crippen molar-refractivity contribution in [1.29, 1.82) is 0 Å². The van der Waals surface area contributed by atoms with E-state index in [2.05, 4.69) is 20.4 Å². The van der Waals surface area contributed by atoms with Crippen LogP contribution in [-0.4, -0.2) is 45.1 Å². The molecule has 0 saturated carbocycles. The van der Waals surface area contributed by atoms with Crippen LogP contribution in [0.3, 0.4) is 0 Å². The molecule has 0 aromatic carbocycles. The lowest BCUT2D eigenvalue weighted by atomic mass is 9.96. The number of nitrogens with one attached hydrogen (secondary N) is 1. The average molecular weight is 358 g/mol. The summed E-state index contributed by atoms with van der Waals surface area (Å²) in [5.41, 5.74) is 1.87. The van der Waals surface area contributed by atoms with Crippen LogP contribution >= 0.6 is 0 Å². The highest BCUT2D eigenvalue weighted by molar-refractivity contribution is 5.76. The second-order valence-electron chi connectivity index (χ2n) is 6.93. The van der Waals surface area contributed by atoms with Crippen molar-refractivity contribution in [3.63, 3.8) is 0 Å². The van der Waals surface area contributed by atoms with Crippen molar-refractivity contribution in [1.82, 2.24) is 24.9 Å². The minimum atomic E-state index is -0.0921. The van der Waals surface area contributed by atoms with Crippen LogP contribution in [0.25, 0.3) is 0 Å².